The molecule has 0 N–H and O–H groups in total. The molecule has 1 heterocycles. The standard InChI is InChI=1S/C13H12ClN3O/c1-17(9-10-5-3-2-4-6-10)13(18)11-7-16-12(14)8-15-11/h2-8H,9H2,1H3. The van der Waals surface area contributed by atoms with Crippen LogP contribution in [-0.2, 0) is 6.54 Å². The van der Waals surface area contributed by atoms with Gasteiger partial charge in [-0.1, -0.05) is 41.9 Å². The zero-order chi connectivity index (χ0) is 13.0. The number of benzene rings is 1. The van der Waals surface area contributed by atoms with Crippen molar-refractivity contribution in [3.8, 4) is 0 Å². The van der Waals surface area contributed by atoms with Gasteiger partial charge in [0.1, 0.15) is 10.8 Å². The Morgan fingerprint density at radius 2 is 1.94 bits per heavy atom. The third kappa shape index (κ3) is 3.05. The lowest BCUT2D eigenvalue weighted by Crippen LogP contribution is -2.27. The van der Waals surface area contributed by atoms with E-state index < -0.39 is 0 Å². The summed E-state index contributed by atoms with van der Waals surface area (Å²) in [5, 5.41) is 0.275. The first-order valence-corrected chi connectivity index (χ1v) is 5.81. The molecule has 1 aromatic heterocycles. The van der Waals surface area contributed by atoms with Crippen molar-refractivity contribution in [2.45, 2.75) is 6.54 Å². The second-order valence-electron chi connectivity index (χ2n) is 3.87. The second kappa shape index (κ2) is 5.60. The summed E-state index contributed by atoms with van der Waals surface area (Å²) in [4.78, 5) is 21.4. The predicted octanol–water partition coefficient (Wildman–Crippen LogP) is 2.40. The van der Waals surface area contributed by atoms with E-state index in [1.807, 2.05) is 30.3 Å². The predicted molar refractivity (Wildman–Crippen MR) is 69.3 cm³/mol. The fourth-order valence-electron chi connectivity index (χ4n) is 1.55. The van der Waals surface area contributed by atoms with Crippen LogP contribution < -0.4 is 0 Å². The number of hydrogen-bond donors (Lipinski definition) is 0. The van der Waals surface area contributed by atoms with Gasteiger partial charge in [-0.25, -0.2) is 9.97 Å². The smallest absolute Gasteiger partial charge is 0.274 e. The van der Waals surface area contributed by atoms with Gasteiger partial charge in [0, 0.05) is 13.6 Å². The Morgan fingerprint density at radius 1 is 1.22 bits per heavy atom. The number of carbonyl (C=O) groups is 1. The number of aromatic nitrogens is 2. The Labute approximate surface area is 110 Å². The first-order chi connectivity index (χ1) is 8.66. The Morgan fingerprint density at radius 3 is 2.56 bits per heavy atom. The maximum Gasteiger partial charge on any atom is 0.274 e. The minimum Gasteiger partial charge on any atom is -0.336 e. The van der Waals surface area contributed by atoms with Crippen molar-refractivity contribution < 1.29 is 4.79 Å². The molecule has 92 valence electrons. The van der Waals surface area contributed by atoms with Gasteiger partial charge in [-0.05, 0) is 5.56 Å². The third-order valence-electron chi connectivity index (χ3n) is 2.45. The van der Waals surface area contributed by atoms with Crippen molar-refractivity contribution in [1.29, 1.82) is 0 Å². The highest BCUT2D eigenvalue weighted by Gasteiger charge is 2.13. The van der Waals surface area contributed by atoms with Crippen molar-refractivity contribution in [2.75, 3.05) is 7.05 Å². The van der Waals surface area contributed by atoms with Crippen molar-refractivity contribution >= 4 is 17.5 Å². The van der Waals surface area contributed by atoms with Gasteiger partial charge in [-0.3, -0.25) is 4.79 Å². The van der Waals surface area contributed by atoms with E-state index in [2.05, 4.69) is 9.97 Å². The number of amides is 1. The summed E-state index contributed by atoms with van der Waals surface area (Å²) in [6.45, 7) is 0.532. The highest BCUT2D eigenvalue weighted by atomic mass is 35.5. The lowest BCUT2D eigenvalue weighted by atomic mass is 10.2. The van der Waals surface area contributed by atoms with E-state index in [9.17, 15) is 4.79 Å². The first-order valence-electron chi connectivity index (χ1n) is 5.44. The van der Waals surface area contributed by atoms with Crippen LogP contribution in [0.4, 0.5) is 0 Å². The van der Waals surface area contributed by atoms with Gasteiger partial charge in [-0.2, -0.15) is 0 Å². The van der Waals surface area contributed by atoms with Crippen LogP contribution in [0, 0.1) is 0 Å². The second-order valence-corrected chi connectivity index (χ2v) is 4.26. The molecule has 5 heteroatoms. The highest BCUT2D eigenvalue weighted by molar-refractivity contribution is 6.29. The maximum atomic E-state index is 12.0. The van der Waals surface area contributed by atoms with Crippen LogP contribution in [0.15, 0.2) is 42.7 Å². The summed E-state index contributed by atoms with van der Waals surface area (Å²) in [5.74, 6) is -0.178. The molecule has 1 amide bonds. The lowest BCUT2D eigenvalue weighted by molar-refractivity contribution is 0.0779. The maximum absolute atomic E-state index is 12.0. The van der Waals surface area contributed by atoms with Crippen LogP contribution in [0.25, 0.3) is 0 Å². The zero-order valence-corrected chi connectivity index (χ0v) is 10.6. The Kier molecular flexibility index (Phi) is 3.89. The van der Waals surface area contributed by atoms with Crippen LogP contribution in [0.3, 0.4) is 0 Å². The Bertz CT molecular complexity index is 528. The van der Waals surface area contributed by atoms with Crippen molar-refractivity contribution in [1.82, 2.24) is 14.9 Å². The molecule has 0 unspecified atom stereocenters. The summed E-state index contributed by atoms with van der Waals surface area (Å²) < 4.78 is 0. The van der Waals surface area contributed by atoms with E-state index in [0.29, 0.717) is 6.54 Å². The van der Waals surface area contributed by atoms with Crippen LogP contribution in [-0.4, -0.2) is 27.8 Å². The van der Waals surface area contributed by atoms with Crippen LogP contribution >= 0.6 is 11.6 Å². The van der Waals surface area contributed by atoms with E-state index in [1.165, 1.54) is 12.4 Å². The molecule has 0 spiro atoms. The molecular formula is C13H12ClN3O. The molecule has 0 bridgehead atoms. The number of carbonyl (C=O) groups excluding carboxylic acids is 1. The van der Waals surface area contributed by atoms with Crippen molar-refractivity contribution in [2.24, 2.45) is 0 Å². The fourth-order valence-corrected chi connectivity index (χ4v) is 1.64. The quantitative estimate of drug-likeness (QED) is 0.852. The molecule has 2 rings (SSSR count). The van der Waals surface area contributed by atoms with Crippen LogP contribution in [0.2, 0.25) is 5.15 Å². The molecular weight excluding hydrogens is 250 g/mol. The highest BCUT2D eigenvalue weighted by Crippen LogP contribution is 2.07. The van der Waals surface area contributed by atoms with Gasteiger partial charge in [0.2, 0.25) is 0 Å². The molecule has 0 aliphatic heterocycles. The molecule has 0 aliphatic rings. The van der Waals surface area contributed by atoms with Gasteiger partial charge in [0.25, 0.3) is 5.91 Å². The number of nitrogens with zero attached hydrogens (tertiary/aromatic N) is 3. The van der Waals surface area contributed by atoms with Gasteiger partial charge >= 0.3 is 0 Å². The lowest BCUT2D eigenvalue weighted by Gasteiger charge is -2.16. The summed E-state index contributed by atoms with van der Waals surface area (Å²) in [6, 6.07) is 9.76. The molecule has 0 saturated heterocycles. The minimum atomic E-state index is -0.178. The van der Waals surface area contributed by atoms with E-state index in [0.717, 1.165) is 5.56 Å². The molecule has 0 atom stereocenters. The summed E-state index contributed by atoms with van der Waals surface area (Å²) in [7, 11) is 1.73. The third-order valence-corrected chi connectivity index (χ3v) is 2.64. The number of halogens is 1. The molecule has 2 aromatic rings. The Balaban J connectivity index is 2.07. The number of rotatable bonds is 3. The van der Waals surface area contributed by atoms with Gasteiger partial charge < -0.3 is 4.90 Å². The van der Waals surface area contributed by atoms with Crippen molar-refractivity contribution in [3.05, 3.63) is 59.1 Å². The summed E-state index contributed by atoms with van der Waals surface area (Å²) >= 11 is 5.63. The van der Waals surface area contributed by atoms with E-state index >= 15 is 0 Å². The largest absolute Gasteiger partial charge is 0.336 e. The first kappa shape index (κ1) is 12.5. The SMILES string of the molecule is CN(Cc1ccccc1)C(=O)c1cnc(Cl)cn1. The molecule has 0 radical (unpaired) electrons. The van der Waals surface area contributed by atoms with Crippen molar-refractivity contribution in [3.63, 3.8) is 0 Å². The summed E-state index contributed by atoms with van der Waals surface area (Å²) in [5.41, 5.74) is 1.35. The molecule has 0 saturated carbocycles. The topological polar surface area (TPSA) is 46.1 Å². The summed E-state index contributed by atoms with van der Waals surface area (Å²) in [6.07, 6.45) is 2.75. The average molecular weight is 262 g/mol. The van der Waals surface area contributed by atoms with E-state index in [-0.39, 0.29) is 16.8 Å². The Hall–Kier alpha value is -1.94. The molecule has 0 fully saturated rings. The molecule has 1 aromatic carbocycles. The number of hydrogen-bond acceptors (Lipinski definition) is 3. The molecule has 4 nitrogen and oxygen atoms in total. The average Bonchev–Trinajstić information content (AvgIpc) is 2.40. The minimum absolute atomic E-state index is 0.178. The van der Waals surface area contributed by atoms with Gasteiger partial charge in [0.15, 0.2) is 0 Å². The van der Waals surface area contributed by atoms with E-state index in [1.54, 1.807) is 11.9 Å². The van der Waals surface area contributed by atoms with Crippen LogP contribution in [0.1, 0.15) is 16.1 Å². The monoisotopic (exact) mass is 261 g/mol. The van der Waals surface area contributed by atoms with Gasteiger partial charge in [-0.15, -0.1) is 0 Å². The fraction of sp³-hybridized carbons (Fsp3) is 0.154. The molecule has 18 heavy (non-hydrogen) atoms. The zero-order valence-electron chi connectivity index (χ0n) is 9.88. The van der Waals surface area contributed by atoms with Gasteiger partial charge in [0.05, 0.1) is 12.4 Å². The van der Waals surface area contributed by atoms with E-state index in [4.69, 9.17) is 11.6 Å². The normalized spacial score (nSPS) is 10.1. The van der Waals surface area contributed by atoms with Crippen LogP contribution in [0.5, 0.6) is 0 Å². The molecule has 0 aliphatic carbocycles.